The minimum absolute atomic E-state index is 0.0401. The summed E-state index contributed by atoms with van der Waals surface area (Å²) in [5.74, 6) is 0.483. The average Bonchev–Trinajstić information content (AvgIpc) is 3.40. The van der Waals surface area contributed by atoms with Gasteiger partial charge in [0.1, 0.15) is 0 Å². The van der Waals surface area contributed by atoms with E-state index in [1.165, 1.54) is 0 Å². The number of piperidine rings is 1. The first kappa shape index (κ1) is 15.5. The molecule has 0 spiro atoms. The normalized spacial score (nSPS) is 28.5. The van der Waals surface area contributed by atoms with Gasteiger partial charge in [0.15, 0.2) is 0 Å². The van der Waals surface area contributed by atoms with Crippen LogP contribution in [-0.2, 0) is 11.3 Å². The molecule has 24 heavy (non-hydrogen) atoms. The van der Waals surface area contributed by atoms with Gasteiger partial charge in [0, 0.05) is 30.6 Å². The molecule has 1 aliphatic carbocycles. The number of carbonyl (C=O) groups excluding carboxylic acids is 2. The molecule has 4 rings (SSSR count). The molecule has 1 aromatic carbocycles. The largest absolute Gasteiger partial charge is 0.353 e. The van der Waals surface area contributed by atoms with Crippen molar-refractivity contribution >= 4 is 11.9 Å². The highest BCUT2D eigenvalue weighted by molar-refractivity contribution is 5.81. The van der Waals surface area contributed by atoms with Crippen LogP contribution in [0.4, 0.5) is 4.79 Å². The average molecular weight is 327 g/mol. The number of rotatable bonds is 4. The van der Waals surface area contributed by atoms with Crippen molar-refractivity contribution in [3.05, 3.63) is 35.9 Å². The van der Waals surface area contributed by atoms with Crippen LogP contribution >= 0.6 is 0 Å². The number of fused-ring (bicyclic) bond motifs is 2. The van der Waals surface area contributed by atoms with Gasteiger partial charge in [0.25, 0.3) is 0 Å². The van der Waals surface area contributed by atoms with Gasteiger partial charge in [-0.2, -0.15) is 0 Å². The van der Waals surface area contributed by atoms with Crippen LogP contribution in [0.1, 0.15) is 44.1 Å². The Morgan fingerprint density at radius 2 is 1.67 bits per heavy atom. The van der Waals surface area contributed by atoms with Gasteiger partial charge in [0.2, 0.25) is 5.91 Å². The van der Waals surface area contributed by atoms with Gasteiger partial charge in [-0.15, -0.1) is 0 Å². The van der Waals surface area contributed by atoms with Crippen LogP contribution in [0.15, 0.2) is 30.3 Å². The molecular formula is C19H25N3O2. The van der Waals surface area contributed by atoms with E-state index in [1.54, 1.807) is 0 Å². The third-order valence-corrected chi connectivity index (χ3v) is 5.55. The van der Waals surface area contributed by atoms with Crippen LogP contribution in [0.5, 0.6) is 0 Å². The van der Waals surface area contributed by atoms with E-state index in [-0.39, 0.29) is 36.0 Å². The second-order valence-electron chi connectivity index (χ2n) is 7.39. The number of nitrogens with one attached hydrogen (secondary N) is 2. The molecule has 1 aromatic rings. The predicted molar refractivity (Wildman–Crippen MR) is 91.2 cm³/mol. The standard InChI is InChI=1S/C19H25N3O2/c23-18(14-6-7-14)21-15-10-16-8-9-17(11-15)22(16)19(24)20-12-13-4-2-1-3-5-13/h1-5,14-17H,6-12H2,(H,20,24)(H,21,23)/t15?,16-,17+. The molecule has 1 unspecified atom stereocenters. The molecule has 5 heteroatoms. The van der Waals surface area contributed by atoms with E-state index in [1.807, 2.05) is 35.2 Å². The van der Waals surface area contributed by atoms with Crippen LogP contribution in [0.25, 0.3) is 0 Å². The molecule has 5 nitrogen and oxygen atoms in total. The van der Waals surface area contributed by atoms with E-state index >= 15 is 0 Å². The Labute approximate surface area is 142 Å². The van der Waals surface area contributed by atoms with Crippen molar-refractivity contribution in [3.63, 3.8) is 0 Å². The minimum atomic E-state index is 0.0401. The number of amides is 3. The number of hydrogen-bond acceptors (Lipinski definition) is 2. The number of benzene rings is 1. The van der Waals surface area contributed by atoms with Gasteiger partial charge in [-0.05, 0) is 44.1 Å². The van der Waals surface area contributed by atoms with E-state index in [2.05, 4.69) is 10.6 Å². The van der Waals surface area contributed by atoms with Crippen molar-refractivity contribution in [3.8, 4) is 0 Å². The van der Waals surface area contributed by atoms with Crippen LogP contribution in [0, 0.1) is 5.92 Å². The maximum atomic E-state index is 12.6. The van der Waals surface area contributed by atoms with Gasteiger partial charge in [-0.25, -0.2) is 4.79 Å². The molecule has 3 amide bonds. The zero-order chi connectivity index (χ0) is 16.5. The molecule has 3 aliphatic rings. The summed E-state index contributed by atoms with van der Waals surface area (Å²) in [4.78, 5) is 26.6. The van der Waals surface area contributed by atoms with Crippen LogP contribution in [0.3, 0.4) is 0 Å². The molecule has 3 fully saturated rings. The van der Waals surface area contributed by atoms with Crippen molar-refractivity contribution in [1.29, 1.82) is 0 Å². The molecule has 2 bridgehead atoms. The first-order valence-corrected chi connectivity index (χ1v) is 9.11. The van der Waals surface area contributed by atoms with E-state index in [9.17, 15) is 9.59 Å². The lowest BCUT2D eigenvalue weighted by molar-refractivity contribution is -0.123. The Morgan fingerprint density at radius 1 is 1.00 bits per heavy atom. The van der Waals surface area contributed by atoms with Crippen molar-refractivity contribution < 1.29 is 9.59 Å². The molecule has 0 aromatic heterocycles. The molecule has 2 aliphatic heterocycles. The zero-order valence-corrected chi connectivity index (χ0v) is 13.9. The smallest absolute Gasteiger partial charge is 0.318 e. The molecule has 128 valence electrons. The second kappa shape index (κ2) is 6.46. The summed E-state index contributed by atoms with van der Waals surface area (Å²) in [6, 6.07) is 10.8. The van der Waals surface area contributed by atoms with Crippen molar-refractivity contribution in [2.75, 3.05) is 0 Å². The van der Waals surface area contributed by atoms with Gasteiger partial charge in [0.05, 0.1) is 0 Å². The summed E-state index contributed by atoms with van der Waals surface area (Å²) < 4.78 is 0. The Morgan fingerprint density at radius 3 is 2.29 bits per heavy atom. The maximum absolute atomic E-state index is 12.6. The van der Waals surface area contributed by atoms with Crippen molar-refractivity contribution in [1.82, 2.24) is 15.5 Å². The van der Waals surface area contributed by atoms with E-state index in [0.717, 1.165) is 44.1 Å². The SMILES string of the molecule is O=C(NC1C[C@H]2CC[C@@H](C1)N2C(=O)NCc1ccccc1)C1CC1. The highest BCUT2D eigenvalue weighted by Crippen LogP contribution is 2.36. The fourth-order valence-electron chi connectivity index (χ4n) is 4.16. The predicted octanol–water partition coefficient (Wildman–Crippen LogP) is 2.42. The quantitative estimate of drug-likeness (QED) is 0.892. The third kappa shape index (κ3) is 3.25. The molecule has 2 heterocycles. The fourth-order valence-corrected chi connectivity index (χ4v) is 4.16. The van der Waals surface area contributed by atoms with Crippen molar-refractivity contribution in [2.45, 2.75) is 63.2 Å². The van der Waals surface area contributed by atoms with E-state index in [0.29, 0.717) is 6.54 Å². The molecule has 0 radical (unpaired) electrons. The first-order valence-electron chi connectivity index (χ1n) is 9.11. The highest BCUT2D eigenvalue weighted by Gasteiger charge is 2.44. The Balaban J connectivity index is 1.32. The van der Waals surface area contributed by atoms with E-state index in [4.69, 9.17) is 0 Å². The van der Waals surface area contributed by atoms with Gasteiger partial charge in [-0.3, -0.25) is 4.79 Å². The molecule has 3 atom stereocenters. The first-order chi connectivity index (χ1) is 11.7. The Bertz CT molecular complexity index is 600. The van der Waals surface area contributed by atoms with Gasteiger partial charge in [-0.1, -0.05) is 30.3 Å². The Kier molecular flexibility index (Phi) is 4.17. The summed E-state index contributed by atoms with van der Waals surface area (Å²) in [7, 11) is 0. The van der Waals surface area contributed by atoms with Crippen molar-refractivity contribution in [2.24, 2.45) is 5.92 Å². The summed E-state index contributed by atoms with van der Waals surface area (Å²) >= 11 is 0. The number of nitrogens with zero attached hydrogens (tertiary/aromatic N) is 1. The number of carbonyl (C=O) groups is 2. The molecule has 1 saturated carbocycles. The minimum Gasteiger partial charge on any atom is -0.353 e. The number of hydrogen-bond donors (Lipinski definition) is 2. The molecular weight excluding hydrogens is 302 g/mol. The lowest BCUT2D eigenvalue weighted by atomic mass is 9.97. The third-order valence-electron chi connectivity index (χ3n) is 5.55. The van der Waals surface area contributed by atoms with Crippen LogP contribution < -0.4 is 10.6 Å². The maximum Gasteiger partial charge on any atom is 0.318 e. The van der Waals surface area contributed by atoms with Gasteiger partial charge >= 0.3 is 6.03 Å². The fraction of sp³-hybridized carbons (Fsp3) is 0.579. The second-order valence-corrected chi connectivity index (χ2v) is 7.39. The van der Waals surface area contributed by atoms with Gasteiger partial charge < -0.3 is 15.5 Å². The summed E-state index contributed by atoms with van der Waals surface area (Å²) in [6.45, 7) is 0.567. The molecule has 2 saturated heterocycles. The summed E-state index contributed by atoms with van der Waals surface area (Å²) in [5, 5.41) is 6.25. The monoisotopic (exact) mass is 327 g/mol. The highest BCUT2D eigenvalue weighted by atomic mass is 16.2. The topological polar surface area (TPSA) is 61.4 Å². The van der Waals surface area contributed by atoms with Crippen LogP contribution in [-0.4, -0.2) is 35.0 Å². The molecule has 2 N–H and O–H groups in total. The lowest BCUT2D eigenvalue weighted by Gasteiger charge is -2.39. The van der Waals surface area contributed by atoms with Crippen LogP contribution in [0.2, 0.25) is 0 Å². The Hall–Kier alpha value is -2.04. The number of urea groups is 1. The lowest BCUT2D eigenvalue weighted by Crippen LogP contribution is -2.55. The summed E-state index contributed by atoms with van der Waals surface area (Å²) in [6.07, 6.45) is 5.98. The summed E-state index contributed by atoms with van der Waals surface area (Å²) in [5.41, 5.74) is 1.12. The zero-order valence-electron chi connectivity index (χ0n) is 13.9. The van der Waals surface area contributed by atoms with E-state index < -0.39 is 0 Å².